The number of hydrogen-bond acceptors (Lipinski definition) is 1. The molecule has 0 amide bonds. The van der Waals surface area contributed by atoms with Crippen LogP contribution in [0.3, 0.4) is 0 Å². The van der Waals surface area contributed by atoms with Gasteiger partial charge in [-0.1, -0.05) is 35.2 Å². The van der Waals surface area contributed by atoms with Gasteiger partial charge in [0.05, 0.1) is 6.04 Å². The molecule has 0 bridgehead atoms. The molecule has 0 heterocycles. The summed E-state index contributed by atoms with van der Waals surface area (Å²) < 4.78 is 0. The Hall–Kier alpha value is -0.241. The molecule has 0 aliphatic carbocycles. The van der Waals surface area contributed by atoms with Crippen LogP contribution in [0.1, 0.15) is 18.5 Å². The van der Waals surface area contributed by atoms with Crippen molar-refractivity contribution in [3.63, 3.8) is 0 Å². The number of azide groups is 1. The van der Waals surface area contributed by atoms with E-state index in [1.165, 1.54) is 0 Å². The first-order valence-corrected chi connectivity index (χ1v) is 7.40. The Morgan fingerprint density at radius 1 is 1.04 bits per heavy atom. The van der Waals surface area contributed by atoms with E-state index in [1.807, 2.05) is 0 Å². The lowest BCUT2D eigenvalue weighted by Crippen LogP contribution is -2.62. The van der Waals surface area contributed by atoms with Gasteiger partial charge in [-0.2, -0.15) is 0 Å². The lowest BCUT2D eigenvalue weighted by atomic mass is 8.58. The molecule has 0 spiro atoms. The second-order valence-electron chi connectivity index (χ2n) is 4.86. The minimum Gasteiger partial charge on any atom is -0.0861 e. The highest BCUT2D eigenvalue weighted by Gasteiger charge is 2.24. The minimum atomic E-state index is -0.667. The van der Waals surface area contributed by atoms with Gasteiger partial charge in [0.15, 0.2) is 0 Å². The van der Waals surface area contributed by atoms with Crippen molar-refractivity contribution in [2.45, 2.75) is 13.0 Å². The van der Waals surface area contributed by atoms with Crippen molar-refractivity contribution >= 4 is 95.2 Å². The van der Waals surface area contributed by atoms with Crippen LogP contribution in [-0.2, 0) is 0 Å². The van der Waals surface area contributed by atoms with Crippen LogP contribution in [0.25, 0.3) is 10.4 Å². The Kier molecular flexibility index (Phi) is 11.2. The fourth-order valence-electron chi connectivity index (χ4n) is 1.74. The van der Waals surface area contributed by atoms with Gasteiger partial charge in [0, 0.05) is 86.9 Å². The summed E-state index contributed by atoms with van der Waals surface area (Å²) in [5.74, 6) is 0. The van der Waals surface area contributed by atoms with Gasteiger partial charge in [-0.05, 0) is 29.3 Å². The van der Waals surface area contributed by atoms with E-state index in [1.54, 1.807) is 25.1 Å². The molecule has 0 fully saturated rings. The second-order valence-corrected chi connectivity index (χ2v) is 5.70. The highest BCUT2D eigenvalue weighted by Crippen LogP contribution is 2.28. The Morgan fingerprint density at radius 3 is 1.87 bits per heavy atom. The number of hydrogen-bond donors (Lipinski definition) is 0. The summed E-state index contributed by atoms with van der Waals surface area (Å²) >= 11 is 11.7. The van der Waals surface area contributed by atoms with E-state index >= 15 is 0 Å². The summed E-state index contributed by atoms with van der Waals surface area (Å²) in [6.45, 7) is 1.76. The molecule has 3 nitrogen and oxygen atoms in total. The molecule has 0 aromatic heterocycles. The second kappa shape index (κ2) is 11.3. The smallest absolute Gasteiger partial charge is 0.0612 e. The molecule has 1 unspecified atom stereocenters. The third kappa shape index (κ3) is 8.42. The van der Waals surface area contributed by atoms with Gasteiger partial charge in [0.2, 0.25) is 0 Å². The zero-order chi connectivity index (χ0) is 18.2. The third-order valence-corrected chi connectivity index (χ3v) is 3.55. The van der Waals surface area contributed by atoms with Crippen LogP contribution in [0.15, 0.2) is 23.3 Å². The van der Waals surface area contributed by atoms with Crippen molar-refractivity contribution in [1.29, 1.82) is 0 Å². The monoisotopic (exact) mass is 325 g/mol. The van der Waals surface area contributed by atoms with E-state index in [2.05, 4.69) is 10.0 Å². The van der Waals surface area contributed by atoms with Crippen molar-refractivity contribution in [2.75, 3.05) is 0 Å². The third-order valence-electron chi connectivity index (χ3n) is 2.97. The van der Waals surface area contributed by atoms with Crippen LogP contribution in [0.4, 0.5) is 0 Å². The topological polar surface area (TPSA) is 48.8 Å². The number of nitrogens with zero attached hydrogens (tertiary/aromatic N) is 3. The molecule has 0 N–H and O–H groups in total. The summed E-state index contributed by atoms with van der Waals surface area (Å²) in [5.41, 5.74) is 8.98. The predicted molar refractivity (Wildman–Crippen MR) is 112 cm³/mol. The molecule has 98 valence electrons. The molecule has 12 radical (unpaired) electrons. The lowest BCUT2D eigenvalue weighted by Gasteiger charge is -2.23. The van der Waals surface area contributed by atoms with E-state index in [4.69, 9.17) is 75.2 Å². The summed E-state index contributed by atoms with van der Waals surface area (Å²) in [6.07, 6.45) is -2.44. The standard InChI is InChI=1S/C8H7Cl2N3.B10/c1-5(12-13-11)7-4-6(9)2-3-8(7)10;1-7(2)10(8(3)4)9(5)6/h2-5H,1H3;. The van der Waals surface area contributed by atoms with E-state index in [0.717, 1.165) is 5.56 Å². The molecule has 1 aromatic carbocycles. The van der Waals surface area contributed by atoms with Crippen molar-refractivity contribution < 1.29 is 0 Å². The van der Waals surface area contributed by atoms with Crippen LogP contribution in [0.2, 0.25) is 10.0 Å². The highest BCUT2D eigenvalue weighted by molar-refractivity contribution is 8.00. The minimum absolute atomic E-state index is 0.295. The maximum absolute atomic E-state index is 8.24. The molecular weight excluding hydrogens is 317 g/mol. The molecule has 1 rings (SSSR count). The molecule has 1 atom stereocenters. The Balaban J connectivity index is 0.000000438. The fourth-order valence-corrected chi connectivity index (χ4v) is 2.20. The van der Waals surface area contributed by atoms with Gasteiger partial charge >= 0.3 is 0 Å². The molecule has 0 saturated heterocycles. The van der Waals surface area contributed by atoms with Gasteiger partial charge in [-0.3, -0.25) is 0 Å². The van der Waals surface area contributed by atoms with Crippen molar-refractivity contribution in [1.82, 2.24) is 0 Å². The molecule has 23 heavy (non-hydrogen) atoms. The summed E-state index contributed by atoms with van der Waals surface area (Å²) in [6, 6.07) is 4.78. The van der Waals surface area contributed by atoms with Crippen LogP contribution in [0, 0.1) is 0 Å². The number of benzene rings is 1. The quantitative estimate of drug-likeness (QED) is 0.329. The van der Waals surface area contributed by atoms with Crippen LogP contribution in [-0.4, -0.2) is 72.0 Å². The first-order valence-electron chi connectivity index (χ1n) is 6.64. The SMILES string of the molecule is CC(N=[N+]=[N-])c1cc(Cl)ccc1Cl.[B]B([B])B(B([B])[B])B([B])[B]. The highest BCUT2D eigenvalue weighted by atomic mass is 35.5. The molecule has 15 heteroatoms. The van der Waals surface area contributed by atoms with Crippen molar-refractivity contribution in [3.05, 3.63) is 44.3 Å². The normalized spacial score (nSPS) is 10.4. The molecular formula is C8H7B10Cl2N3. The fraction of sp³-hybridized carbons (Fsp3) is 0.250. The lowest BCUT2D eigenvalue weighted by molar-refractivity contribution is 0.808. The molecule has 0 aliphatic rings. The number of halogens is 2. The average Bonchev–Trinajstić information content (AvgIpc) is 2.41. The van der Waals surface area contributed by atoms with Crippen LogP contribution in [0.5, 0.6) is 0 Å². The van der Waals surface area contributed by atoms with Gasteiger partial charge in [0.1, 0.15) is 0 Å². The van der Waals surface area contributed by atoms with E-state index < -0.39 is 25.5 Å². The maximum Gasteiger partial charge on any atom is 0.0612 e. The summed E-state index contributed by atoms with van der Waals surface area (Å²) in [5, 5.41) is 4.68. The summed E-state index contributed by atoms with van der Waals surface area (Å²) in [4.78, 5) is 2.71. The maximum atomic E-state index is 8.24. The van der Waals surface area contributed by atoms with Gasteiger partial charge in [0.25, 0.3) is 0 Å². The summed E-state index contributed by atoms with van der Waals surface area (Å²) in [7, 11) is 31.8. The Bertz CT molecular complexity index is 520. The van der Waals surface area contributed by atoms with Crippen molar-refractivity contribution in [3.8, 4) is 0 Å². The first kappa shape index (κ1) is 22.8. The van der Waals surface area contributed by atoms with Crippen LogP contribution < -0.4 is 0 Å². The Morgan fingerprint density at radius 2 is 1.52 bits per heavy atom. The number of rotatable bonds is 5. The van der Waals surface area contributed by atoms with Gasteiger partial charge in [-0.25, -0.2) is 0 Å². The van der Waals surface area contributed by atoms with Gasteiger partial charge in [-0.15, -0.1) is 0 Å². The van der Waals surface area contributed by atoms with Crippen LogP contribution >= 0.6 is 23.2 Å². The zero-order valence-electron chi connectivity index (χ0n) is 12.7. The molecule has 0 aliphatic heterocycles. The zero-order valence-corrected chi connectivity index (χ0v) is 14.2. The van der Waals surface area contributed by atoms with E-state index in [0.29, 0.717) is 10.0 Å². The van der Waals surface area contributed by atoms with E-state index in [-0.39, 0.29) is 6.04 Å². The molecule has 1 aromatic rings. The van der Waals surface area contributed by atoms with Crippen molar-refractivity contribution in [2.24, 2.45) is 5.11 Å². The Labute approximate surface area is 157 Å². The first-order chi connectivity index (χ1) is 10.6. The largest absolute Gasteiger partial charge is 0.0861 e. The molecule has 0 saturated carbocycles. The average molecular weight is 324 g/mol. The van der Waals surface area contributed by atoms with Gasteiger partial charge < -0.3 is 0 Å². The van der Waals surface area contributed by atoms with E-state index in [9.17, 15) is 0 Å². The predicted octanol–water partition coefficient (Wildman–Crippen LogP) is 0.557.